The molecule has 0 aliphatic rings. The molecule has 0 radical (unpaired) electrons. The summed E-state index contributed by atoms with van der Waals surface area (Å²) in [5.74, 6) is -0.345. The fraction of sp³-hybridized carbons (Fsp3) is 0.600. The normalized spacial score (nSPS) is 13.6. The van der Waals surface area contributed by atoms with Gasteiger partial charge in [0.15, 0.2) is 0 Å². The Hall–Kier alpha value is -0.0400. The summed E-state index contributed by atoms with van der Waals surface area (Å²) < 4.78 is 11.7. The standard InChI is InChI=1S/C5H8ClF/c1-4(6)3-5(2)7/h4H,2-3H2,1H3. The number of rotatable bonds is 2. The largest absolute Gasteiger partial charge is 0.212 e. The van der Waals surface area contributed by atoms with E-state index < -0.39 is 0 Å². The van der Waals surface area contributed by atoms with E-state index in [0.717, 1.165) is 0 Å². The first kappa shape index (κ1) is 6.96. The van der Waals surface area contributed by atoms with E-state index in [1.54, 1.807) is 6.92 Å². The van der Waals surface area contributed by atoms with Crippen LogP contribution >= 0.6 is 11.6 Å². The Kier molecular flexibility index (Phi) is 3.01. The van der Waals surface area contributed by atoms with E-state index in [1.165, 1.54) is 0 Å². The van der Waals surface area contributed by atoms with Crippen molar-refractivity contribution >= 4 is 11.6 Å². The van der Waals surface area contributed by atoms with Crippen LogP contribution in [0.25, 0.3) is 0 Å². The van der Waals surface area contributed by atoms with E-state index in [-0.39, 0.29) is 17.6 Å². The van der Waals surface area contributed by atoms with E-state index in [0.29, 0.717) is 0 Å². The van der Waals surface area contributed by atoms with Crippen molar-refractivity contribution in [3.05, 3.63) is 12.4 Å². The second kappa shape index (κ2) is 3.03. The number of alkyl halides is 1. The van der Waals surface area contributed by atoms with E-state index in [1.807, 2.05) is 0 Å². The van der Waals surface area contributed by atoms with Gasteiger partial charge in [-0.05, 0) is 6.92 Å². The maximum atomic E-state index is 11.7. The highest BCUT2D eigenvalue weighted by Crippen LogP contribution is 2.07. The molecule has 0 rings (SSSR count). The lowest BCUT2D eigenvalue weighted by molar-refractivity contribution is 0.590. The van der Waals surface area contributed by atoms with Crippen LogP contribution < -0.4 is 0 Å². The van der Waals surface area contributed by atoms with Gasteiger partial charge in [0.2, 0.25) is 0 Å². The van der Waals surface area contributed by atoms with Crippen molar-refractivity contribution < 1.29 is 4.39 Å². The first-order chi connectivity index (χ1) is 3.13. The van der Waals surface area contributed by atoms with Gasteiger partial charge < -0.3 is 0 Å². The summed E-state index contributed by atoms with van der Waals surface area (Å²) in [6, 6.07) is 0. The SMILES string of the molecule is C=C(F)CC(C)Cl. The average Bonchev–Trinajstić information content (AvgIpc) is 1.27. The van der Waals surface area contributed by atoms with Crippen LogP contribution in [0.2, 0.25) is 0 Å². The van der Waals surface area contributed by atoms with Gasteiger partial charge in [-0.1, -0.05) is 6.58 Å². The van der Waals surface area contributed by atoms with Gasteiger partial charge in [-0.25, -0.2) is 4.39 Å². The smallest absolute Gasteiger partial charge is 0.0942 e. The predicted octanol–water partition coefficient (Wildman–Crippen LogP) is 2.49. The Balaban J connectivity index is 3.13. The summed E-state index contributed by atoms with van der Waals surface area (Å²) in [6.07, 6.45) is 0.265. The third kappa shape index (κ3) is 5.96. The Labute approximate surface area is 48.0 Å². The van der Waals surface area contributed by atoms with Crippen molar-refractivity contribution in [1.29, 1.82) is 0 Å². The zero-order chi connectivity index (χ0) is 5.86. The molecule has 0 aromatic carbocycles. The number of hydrogen-bond donors (Lipinski definition) is 0. The third-order valence-electron chi connectivity index (χ3n) is 0.503. The minimum atomic E-state index is -0.345. The molecule has 0 amide bonds. The summed E-state index contributed by atoms with van der Waals surface area (Å²) in [5, 5.41) is -0.127. The van der Waals surface area contributed by atoms with Crippen molar-refractivity contribution in [3.63, 3.8) is 0 Å². The van der Waals surface area contributed by atoms with Crippen molar-refractivity contribution in [2.45, 2.75) is 18.7 Å². The third-order valence-corrected chi connectivity index (χ3v) is 0.657. The quantitative estimate of drug-likeness (QED) is 0.494. The molecule has 0 bridgehead atoms. The van der Waals surface area contributed by atoms with Crippen molar-refractivity contribution in [2.24, 2.45) is 0 Å². The number of hydrogen-bond acceptors (Lipinski definition) is 0. The number of halogens is 2. The van der Waals surface area contributed by atoms with Crippen LogP contribution in [0.15, 0.2) is 12.4 Å². The van der Waals surface area contributed by atoms with Gasteiger partial charge in [0.25, 0.3) is 0 Å². The molecular formula is C5H8ClF. The van der Waals surface area contributed by atoms with Gasteiger partial charge in [-0.3, -0.25) is 0 Å². The van der Waals surface area contributed by atoms with E-state index in [2.05, 4.69) is 6.58 Å². The summed E-state index contributed by atoms with van der Waals surface area (Å²) in [4.78, 5) is 0. The maximum Gasteiger partial charge on any atom is 0.0942 e. The molecule has 0 nitrogen and oxygen atoms in total. The molecule has 1 atom stereocenters. The number of allylic oxidation sites excluding steroid dienone is 1. The Bertz CT molecular complexity index is 68.5. The Morgan fingerprint density at radius 1 is 2.00 bits per heavy atom. The van der Waals surface area contributed by atoms with Crippen LogP contribution in [0.4, 0.5) is 4.39 Å². The van der Waals surface area contributed by atoms with Crippen LogP contribution in [0.5, 0.6) is 0 Å². The molecular weight excluding hydrogens is 115 g/mol. The molecule has 0 spiro atoms. The Morgan fingerprint density at radius 3 is 2.43 bits per heavy atom. The summed E-state index contributed by atoms with van der Waals surface area (Å²) in [7, 11) is 0. The molecule has 0 aromatic heterocycles. The van der Waals surface area contributed by atoms with E-state index in [9.17, 15) is 4.39 Å². The molecule has 0 aromatic rings. The molecule has 0 heterocycles. The molecule has 0 N–H and O–H groups in total. The van der Waals surface area contributed by atoms with Gasteiger partial charge in [0.1, 0.15) is 0 Å². The van der Waals surface area contributed by atoms with E-state index in [4.69, 9.17) is 11.6 Å². The lowest BCUT2D eigenvalue weighted by Gasteiger charge is -1.94. The monoisotopic (exact) mass is 122 g/mol. The topological polar surface area (TPSA) is 0 Å². The minimum absolute atomic E-state index is 0.127. The highest BCUT2D eigenvalue weighted by atomic mass is 35.5. The van der Waals surface area contributed by atoms with Crippen LogP contribution in [-0.4, -0.2) is 5.38 Å². The fourth-order valence-electron chi connectivity index (χ4n) is 0.305. The van der Waals surface area contributed by atoms with Crippen LogP contribution in [-0.2, 0) is 0 Å². The highest BCUT2D eigenvalue weighted by molar-refractivity contribution is 6.20. The molecule has 0 aliphatic heterocycles. The van der Waals surface area contributed by atoms with Crippen LogP contribution in [0, 0.1) is 0 Å². The molecule has 0 saturated heterocycles. The van der Waals surface area contributed by atoms with Gasteiger partial charge in [-0.15, -0.1) is 11.6 Å². The lowest BCUT2D eigenvalue weighted by atomic mass is 10.3. The van der Waals surface area contributed by atoms with Crippen molar-refractivity contribution in [1.82, 2.24) is 0 Å². The zero-order valence-electron chi connectivity index (χ0n) is 4.25. The molecule has 1 unspecified atom stereocenters. The maximum absolute atomic E-state index is 11.7. The van der Waals surface area contributed by atoms with Crippen molar-refractivity contribution in [3.8, 4) is 0 Å². The summed E-state index contributed by atoms with van der Waals surface area (Å²) >= 11 is 5.37. The lowest BCUT2D eigenvalue weighted by Crippen LogP contribution is -1.87. The Morgan fingerprint density at radius 2 is 2.43 bits per heavy atom. The van der Waals surface area contributed by atoms with E-state index >= 15 is 0 Å². The van der Waals surface area contributed by atoms with Crippen LogP contribution in [0.1, 0.15) is 13.3 Å². The van der Waals surface area contributed by atoms with Gasteiger partial charge in [0.05, 0.1) is 5.83 Å². The molecule has 0 aliphatic carbocycles. The first-order valence-electron chi connectivity index (χ1n) is 2.10. The fourth-order valence-corrected chi connectivity index (χ4v) is 0.473. The highest BCUT2D eigenvalue weighted by Gasteiger charge is 1.96. The average molecular weight is 123 g/mol. The minimum Gasteiger partial charge on any atom is -0.212 e. The van der Waals surface area contributed by atoms with Gasteiger partial charge in [-0.2, -0.15) is 0 Å². The van der Waals surface area contributed by atoms with Gasteiger partial charge >= 0.3 is 0 Å². The molecule has 2 heteroatoms. The first-order valence-corrected chi connectivity index (χ1v) is 2.54. The second-order valence-corrected chi connectivity index (χ2v) is 2.25. The second-order valence-electron chi connectivity index (χ2n) is 1.50. The zero-order valence-corrected chi connectivity index (χ0v) is 5.00. The van der Waals surface area contributed by atoms with Gasteiger partial charge in [0, 0.05) is 11.8 Å². The van der Waals surface area contributed by atoms with Crippen molar-refractivity contribution in [2.75, 3.05) is 0 Å². The van der Waals surface area contributed by atoms with Crippen LogP contribution in [0.3, 0.4) is 0 Å². The molecule has 42 valence electrons. The molecule has 0 fully saturated rings. The summed E-state index contributed by atoms with van der Waals surface area (Å²) in [5.41, 5.74) is 0. The molecule has 0 saturated carbocycles. The molecule has 7 heavy (non-hydrogen) atoms. The summed E-state index contributed by atoms with van der Waals surface area (Å²) in [6.45, 7) is 4.77. The predicted molar refractivity (Wildman–Crippen MR) is 30.2 cm³/mol.